The van der Waals surface area contributed by atoms with Crippen LogP contribution in [0, 0.1) is 6.92 Å². The van der Waals surface area contributed by atoms with Gasteiger partial charge in [-0.15, -0.1) is 0 Å². The predicted molar refractivity (Wildman–Crippen MR) is 75.7 cm³/mol. The average Bonchev–Trinajstić information content (AvgIpc) is 2.42. The van der Waals surface area contributed by atoms with Crippen molar-refractivity contribution in [3.05, 3.63) is 65.0 Å². The summed E-state index contributed by atoms with van der Waals surface area (Å²) in [4.78, 5) is 4.38. The second-order valence-electron chi connectivity index (χ2n) is 4.55. The van der Waals surface area contributed by atoms with E-state index in [-0.39, 0.29) is 6.04 Å². The van der Waals surface area contributed by atoms with Crippen LogP contribution < -0.4 is 5.32 Å². The lowest BCUT2D eigenvalue weighted by Gasteiger charge is -2.17. The molecule has 0 amide bonds. The highest BCUT2D eigenvalue weighted by atomic mass is 14.9. The van der Waals surface area contributed by atoms with Gasteiger partial charge in [-0.25, -0.2) is 0 Å². The van der Waals surface area contributed by atoms with Crippen molar-refractivity contribution < 1.29 is 0 Å². The van der Waals surface area contributed by atoms with Gasteiger partial charge in [0, 0.05) is 11.9 Å². The monoisotopic (exact) mass is 240 g/mol. The third kappa shape index (κ3) is 2.77. The summed E-state index contributed by atoms with van der Waals surface area (Å²) < 4.78 is 0. The van der Waals surface area contributed by atoms with Crippen LogP contribution >= 0.6 is 0 Å². The number of nitrogens with zero attached hydrogens (tertiary/aromatic N) is 1. The highest BCUT2D eigenvalue weighted by Gasteiger charge is 2.12. The van der Waals surface area contributed by atoms with Crippen LogP contribution in [0.25, 0.3) is 0 Å². The minimum atomic E-state index is 0.213. The van der Waals surface area contributed by atoms with Gasteiger partial charge < -0.3 is 5.32 Å². The highest BCUT2D eigenvalue weighted by molar-refractivity contribution is 5.33. The SMILES string of the molecule is CCc1cccc(C(NC)c2ccc(C)nc2)c1. The molecule has 0 aliphatic heterocycles. The number of hydrogen-bond donors (Lipinski definition) is 1. The number of rotatable bonds is 4. The van der Waals surface area contributed by atoms with Crippen molar-refractivity contribution in [1.29, 1.82) is 0 Å². The molecule has 1 N–H and O–H groups in total. The molecule has 0 radical (unpaired) electrons. The molecule has 18 heavy (non-hydrogen) atoms. The molecule has 2 rings (SSSR count). The Morgan fingerprint density at radius 2 is 2.00 bits per heavy atom. The van der Waals surface area contributed by atoms with Gasteiger partial charge in [0.1, 0.15) is 0 Å². The van der Waals surface area contributed by atoms with Crippen molar-refractivity contribution in [3.8, 4) is 0 Å². The quantitative estimate of drug-likeness (QED) is 0.887. The molecule has 2 nitrogen and oxygen atoms in total. The summed E-state index contributed by atoms with van der Waals surface area (Å²) >= 11 is 0. The fourth-order valence-electron chi connectivity index (χ4n) is 2.17. The van der Waals surface area contributed by atoms with Gasteiger partial charge in [0.25, 0.3) is 0 Å². The number of pyridine rings is 1. The smallest absolute Gasteiger partial charge is 0.0589 e. The van der Waals surface area contributed by atoms with E-state index < -0.39 is 0 Å². The molecule has 0 aliphatic carbocycles. The fraction of sp³-hybridized carbons (Fsp3) is 0.312. The highest BCUT2D eigenvalue weighted by Crippen LogP contribution is 2.22. The standard InChI is InChI=1S/C16H20N2/c1-4-13-6-5-7-14(10-13)16(17-3)15-9-8-12(2)18-11-15/h5-11,16-17H,4H2,1-3H3. The third-order valence-corrected chi connectivity index (χ3v) is 3.25. The molecule has 1 aromatic carbocycles. The summed E-state index contributed by atoms with van der Waals surface area (Å²) in [6.45, 7) is 4.19. The van der Waals surface area contributed by atoms with Crippen LogP contribution in [-0.4, -0.2) is 12.0 Å². The Morgan fingerprint density at radius 3 is 2.61 bits per heavy atom. The maximum atomic E-state index is 4.38. The van der Waals surface area contributed by atoms with Crippen molar-refractivity contribution in [1.82, 2.24) is 10.3 Å². The maximum absolute atomic E-state index is 4.38. The van der Waals surface area contributed by atoms with Gasteiger partial charge in [-0.1, -0.05) is 37.3 Å². The van der Waals surface area contributed by atoms with Crippen molar-refractivity contribution in [2.24, 2.45) is 0 Å². The lowest BCUT2D eigenvalue weighted by Crippen LogP contribution is -2.18. The normalized spacial score (nSPS) is 12.4. The second kappa shape index (κ2) is 5.78. The van der Waals surface area contributed by atoms with Crippen LogP contribution in [0.4, 0.5) is 0 Å². The van der Waals surface area contributed by atoms with Crippen LogP contribution in [0.1, 0.15) is 35.3 Å². The molecule has 94 valence electrons. The van der Waals surface area contributed by atoms with E-state index >= 15 is 0 Å². The fourth-order valence-corrected chi connectivity index (χ4v) is 2.17. The zero-order valence-electron chi connectivity index (χ0n) is 11.3. The predicted octanol–water partition coefficient (Wildman–Crippen LogP) is 3.26. The summed E-state index contributed by atoms with van der Waals surface area (Å²) in [6, 6.07) is 13.1. The van der Waals surface area contributed by atoms with Gasteiger partial charge in [0.05, 0.1) is 6.04 Å². The van der Waals surface area contributed by atoms with Crippen molar-refractivity contribution in [2.75, 3.05) is 7.05 Å². The number of aromatic nitrogens is 1. The molecule has 0 saturated heterocycles. The molecule has 1 atom stereocenters. The Hall–Kier alpha value is -1.67. The molecule has 0 saturated carbocycles. The van der Waals surface area contributed by atoms with E-state index in [1.54, 1.807) is 0 Å². The number of aryl methyl sites for hydroxylation is 2. The van der Waals surface area contributed by atoms with E-state index in [0.717, 1.165) is 12.1 Å². The number of hydrogen-bond acceptors (Lipinski definition) is 2. The minimum Gasteiger partial charge on any atom is -0.309 e. The molecule has 2 heteroatoms. The Labute approximate surface area is 109 Å². The topological polar surface area (TPSA) is 24.9 Å². The summed E-state index contributed by atoms with van der Waals surface area (Å²) in [7, 11) is 1.99. The molecule has 0 spiro atoms. The molecule has 0 aliphatic rings. The maximum Gasteiger partial charge on any atom is 0.0589 e. The first-order chi connectivity index (χ1) is 8.74. The van der Waals surface area contributed by atoms with Gasteiger partial charge in [0.2, 0.25) is 0 Å². The molecular formula is C16H20N2. The average molecular weight is 240 g/mol. The van der Waals surface area contributed by atoms with Crippen molar-refractivity contribution in [2.45, 2.75) is 26.3 Å². The van der Waals surface area contributed by atoms with Crippen LogP contribution in [0.5, 0.6) is 0 Å². The van der Waals surface area contributed by atoms with E-state index in [1.165, 1.54) is 16.7 Å². The van der Waals surface area contributed by atoms with E-state index in [0.29, 0.717) is 0 Å². The lowest BCUT2D eigenvalue weighted by molar-refractivity contribution is 0.687. The Balaban J connectivity index is 2.35. The van der Waals surface area contributed by atoms with E-state index in [2.05, 4.69) is 53.6 Å². The summed E-state index contributed by atoms with van der Waals surface area (Å²) in [5, 5.41) is 3.37. The Kier molecular flexibility index (Phi) is 4.11. The zero-order valence-corrected chi connectivity index (χ0v) is 11.3. The first-order valence-corrected chi connectivity index (χ1v) is 6.43. The van der Waals surface area contributed by atoms with Gasteiger partial charge in [0.15, 0.2) is 0 Å². The number of nitrogens with one attached hydrogen (secondary N) is 1. The molecule has 1 heterocycles. The van der Waals surface area contributed by atoms with Crippen molar-refractivity contribution in [3.63, 3.8) is 0 Å². The zero-order chi connectivity index (χ0) is 13.0. The molecule has 0 fully saturated rings. The first-order valence-electron chi connectivity index (χ1n) is 6.43. The van der Waals surface area contributed by atoms with Gasteiger partial charge in [-0.05, 0) is 43.1 Å². The first kappa shape index (κ1) is 12.8. The molecular weight excluding hydrogens is 220 g/mol. The van der Waals surface area contributed by atoms with Gasteiger partial charge in [-0.2, -0.15) is 0 Å². The Bertz CT molecular complexity index is 503. The van der Waals surface area contributed by atoms with Gasteiger partial charge in [-0.3, -0.25) is 4.98 Å². The Morgan fingerprint density at radius 1 is 1.17 bits per heavy atom. The van der Waals surface area contributed by atoms with Crippen LogP contribution in [0.3, 0.4) is 0 Å². The summed E-state index contributed by atoms with van der Waals surface area (Å²) in [5.74, 6) is 0. The van der Waals surface area contributed by atoms with Crippen molar-refractivity contribution >= 4 is 0 Å². The largest absolute Gasteiger partial charge is 0.309 e. The van der Waals surface area contributed by atoms with E-state index in [9.17, 15) is 0 Å². The van der Waals surface area contributed by atoms with Crippen LogP contribution in [-0.2, 0) is 6.42 Å². The van der Waals surface area contributed by atoms with Crippen LogP contribution in [0.2, 0.25) is 0 Å². The summed E-state index contributed by atoms with van der Waals surface area (Å²) in [6.07, 6.45) is 3.02. The van der Waals surface area contributed by atoms with E-state index in [1.807, 2.05) is 20.2 Å². The minimum absolute atomic E-state index is 0.213. The molecule has 0 bridgehead atoms. The second-order valence-corrected chi connectivity index (χ2v) is 4.55. The third-order valence-electron chi connectivity index (χ3n) is 3.25. The van der Waals surface area contributed by atoms with Gasteiger partial charge >= 0.3 is 0 Å². The molecule has 1 aromatic heterocycles. The summed E-state index contributed by atoms with van der Waals surface area (Å²) in [5.41, 5.74) is 4.92. The van der Waals surface area contributed by atoms with E-state index in [4.69, 9.17) is 0 Å². The molecule has 1 unspecified atom stereocenters. The van der Waals surface area contributed by atoms with Crippen LogP contribution in [0.15, 0.2) is 42.6 Å². The molecule has 2 aromatic rings. The lowest BCUT2D eigenvalue weighted by atomic mass is 9.98. The number of benzene rings is 1.